The molecule has 0 saturated carbocycles. The van der Waals surface area contributed by atoms with Crippen molar-refractivity contribution < 1.29 is 9.59 Å². The quantitative estimate of drug-likeness (QED) is 0.771. The monoisotopic (exact) mass is 352 g/mol. The van der Waals surface area contributed by atoms with E-state index in [1.54, 1.807) is 0 Å². The summed E-state index contributed by atoms with van der Waals surface area (Å²) < 4.78 is 0. The van der Waals surface area contributed by atoms with Crippen LogP contribution in [0.25, 0.3) is 0 Å². The molecule has 26 heavy (non-hydrogen) atoms. The van der Waals surface area contributed by atoms with Crippen molar-refractivity contribution in [3.63, 3.8) is 0 Å². The minimum absolute atomic E-state index is 0.00587. The van der Waals surface area contributed by atoms with Gasteiger partial charge in [-0.3, -0.25) is 14.5 Å². The molecule has 0 N–H and O–H groups in total. The maximum atomic E-state index is 13.2. The van der Waals surface area contributed by atoms with Gasteiger partial charge in [0, 0.05) is 31.1 Å². The number of hydrogen-bond acceptors (Lipinski definition) is 3. The first-order valence-electron chi connectivity index (χ1n) is 10.0. The first-order valence-corrected chi connectivity index (χ1v) is 10.0. The highest BCUT2D eigenvalue weighted by atomic mass is 16.2. The Morgan fingerprint density at radius 1 is 0.923 bits per heavy atom. The summed E-state index contributed by atoms with van der Waals surface area (Å²) in [5.41, 5.74) is 3.19. The second-order valence-electron chi connectivity index (χ2n) is 7.93. The minimum atomic E-state index is -0.197. The van der Waals surface area contributed by atoms with E-state index in [1.165, 1.54) is 29.9 Å². The molecule has 1 aliphatic carbocycles. The number of allylic oxidation sites excluding steroid dienone is 2. The SMILES string of the molecule is Cc1ccc(N2C(=O)C[C@@H]([C@H]3CCCC=C3N3CCCCC3)C2=O)cc1. The van der Waals surface area contributed by atoms with Crippen LogP contribution in [-0.4, -0.2) is 29.8 Å². The van der Waals surface area contributed by atoms with Gasteiger partial charge in [0.2, 0.25) is 11.8 Å². The van der Waals surface area contributed by atoms with Gasteiger partial charge in [-0.15, -0.1) is 0 Å². The summed E-state index contributed by atoms with van der Waals surface area (Å²) in [5, 5.41) is 0. The molecule has 1 aromatic carbocycles. The predicted molar refractivity (Wildman–Crippen MR) is 103 cm³/mol. The summed E-state index contributed by atoms with van der Waals surface area (Å²) in [6, 6.07) is 7.69. The molecule has 2 heterocycles. The molecule has 2 saturated heterocycles. The Kier molecular flexibility index (Phi) is 4.84. The van der Waals surface area contributed by atoms with Gasteiger partial charge in [0.05, 0.1) is 11.6 Å². The molecular weight excluding hydrogens is 324 g/mol. The first-order chi connectivity index (χ1) is 12.6. The van der Waals surface area contributed by atoms with Crippen LogP contribution in [0, 0.1) is 18.8 Å². The van der Waals surface area contributed by atoms with E-state index < -0.39 is 0 Å². The summed E-state index contributed by atoms with van der Waals surface area (Å²) >= 11 is 0. The summed E-state index contributed by atoms with van der Waals surface area (Å²) in [6.45, 7) is 4.20. The van der Waals surface area contributed by atoms with Crippen molar-refractivity contribution in [3.05, 3.63) is 41.6 Å². The standard InChI is InChI=1S/C22H28N2O2/c1-16-9-11-17(12-10-16)24-21(25)15-19(22(24)26)18-7-3-4-8-20(18)23-13-5-2-6-14-23/h8-12,18-19H,2-7,13-15H2,1H3/t18-,19+/m1/s1. The number of benzene rings is 1. The van der Waals surface area contributed by atoms with Crippen molar-refractivity contribution in [1.82, 2.24) is 4.90 Å². The average Bonchev–Trinajstić information content (AvgIpc) is 2.97. The van der Waals surface area contributed by atoms with Crippen LogP contribution in [0.4, 0.5) is 5.69 Å². The van der Waals surface area contributed by atoms with Crippen molar-refractivity contribution in [2.45, 2.75) is 51.9 Å². The van der Waals surface area contributed by atoms with Gasteiger partial charge in [0.1, 0.15) is 0 Å². The van der Waals surface area contributed by atoms with Crippen LogP contribution in [0.2, 0.25) is 0 Å². The zero-order valence-corrected chi connectivity index (χ0v) is 15.6. The Bertz CT molecular complexity index is 716. The highest BCUT2D eigenvalue weighted by Crippen LogP contribution is 2.40. The molecule has 0 radical (unpaired) electrons. The van der Waals surface area contributed by atoms with Crippen LogP contribution in [0.1, 0.15) is 50.5 Å². The van der Waals surface area contributed by atoms with E-state index in [4.69, 9.17) is 0 Å². The molecule has 2 aliphatic heterocycles. The Labute approximate surface area is 155 Å². The summed E-state index contributed by atoms with van der Waals surface area (Å²) in [6.07, 6.45) is 9.69. The number of imide groups is 1. The molecular formula is C22H28N2O2. The Balaban J connectivity index is 1.57. The van der Waals surface area contributed by atoms with Gasteiger partial charge >= 0.3 is 0 Å². The molecule has 3 aliphatic rings. The lowest BCUT2D eigenvalue weighted by molar-refractivity contribution is -0.123. The van der Waals surface area contributed by atoms with E-state index in [2.05, 4.69) is 11.0 Å². The van der Waals surface area contributed by atoms with Gasteiger partial charge in [0.15, 0.2) is 0 Å². The zero-order valence-electron chi connectivity index (χ0n) is 15.6. The minimum Gasteiger partial charge on any atom is -0.375 e. The third-order valence-electron chi connectivity index (χ3n) is 6.13. The van der Waals surface area contributed by atoms with E-state index in [9.17, 15) is 9.59 Å². The summed E-state index contributed by atoms with van der Waals surface area (Å²) in [4.78, 5) is 29.8. The van der Waals surface area contributed by atoms with Gasteiger partial charge in [-0.1, -0.05) is 23.8 Å². The zero-order chi connectivity index (χ0) is 18.1. The lowest BCUT2D eigenvalue weighted by Crippen LogP contribution is -2.38. The van der Waals surface area contributed by atoms with Crippen molar-refractivity contribution in [2.75, 3.05) is 18.0 Å². The average molecular weight is 352 g/mol. The molecule has 4 rings (SSSR count). The molecule has 2 atom stereocenters. The van der Waals surface area contributed by atoms with Crippen molar-refractivity contribution in [1.29, 1.82) is 0 Å². The molecule has 2 fully saturated rings. The third-order valence-corrected chi connectivity index (χ3v) is 6.13. The van der Waals surface area contributed by atoms with E-state index in [1.807, 2.05) is 31.2 Å². The van der Waals surface area contributed by atoms with Crippen molar-refractivity contribution in [2.24, 2.45) is 11.8 Å². The summed E-state index contributed by atoms with van der Waals surface area (Å²) in [7, 11) is 0. The highest BCUT2D eigenvalue weighted by Gasteiger charge is 2.45. The molecule has 1 aromatic rings. The van der Waals surface area contributed by atoms with Gasteiger partial charge in [0.25, 0.3) is 0 Å². The largest absolute Gasteiger partial charge is 0.375 e. The lowest BCUT2D eigenvalue weighted by Gasteiger charge is -2.39. The van der Waals surface area contributed by atoms with Crippen LogP contribution in [0.5, 0.6) is 0 Å². The molecule has 138 valence electrons. The Hall–Kier alpha value is -2.10. The molecule has 0 spiro atoms. The molecule has 4 heteroatoms. The topological polar surface area (TPSA) is 40.6 Å². The number of likely N-dealkylation sites (tertiary alicyclic amines) is 1. The second-order valence-corrected chi connectivity index (χ2v) is 7.93. The van der Waals surface area contributed by atoms with E-state index in [-0.39, 0.29) is 23.7 Å². The number of anilines is 1. The van der Waals surface area contributed by atoms with Crippen molar-refractivity contribution in [3.8, 4) is 0 Å². The number of carbonyl (C=O) groups is 2. The molecule has 0 bridgehead atoms. The number of piperidine rings is 1. The lowest BCUT2D eigenvalue weighted by atomic mass is 9.80. The van der Waals surface area contributed by atoms with Gasteiger partial charge in [-0.25, -0.2) is 0 Å². The van der Waals surface area contributed by atoms with Crippen LogP contribution in [0.3, 0.4) is 0 Å². The predicted octanol–water partition coefficient (Wildman–Crippen LogP) is 4.04. The normalized spacial score (nSPS) is 27.0. The van der Waals surface area contributed by atoms with Gasteiger partial charge in [-0.05, 0) is 57.6 Å². The smallest absolute Gasteiger partial charge is 0.238 e. The van der Waals surface area contributed by atoms with Crippen LogP contribution in [-0.2, 0) is 9.59 Å². The fourth-order valence-electron chi connectivity index (χ4n) is 4.74. The number of hydrogen-bond donors (Lipinski definition) is 0. The third kappa shape index (κ3) is 3.17. The maximum absolute atomic E-state index is 13.2. The van der Waals surface area contributed by atoms with Gasteiger partial charge in [-0.2, -0.15) is 0 Å². The van der Waals surface area contributed by atoms with Gasteiger partial charge < -0.3 is 4.90 Å². The number of amides is 2. The number of aryl methyl sites for hydroxylation is 1. The highest BCUT2D eigenvalue weighted by molar-refractivity contribution is 6.21. The summed E-state index contributed by atoms with van der Waals surface area (Å²) in [5.74, 6) is -0.0490. The van der Waals surface area contributed by atoms with Crippen LogP contribution >= 0.6 is 0 Å². The first kappa shape index (κ1) is 17.3. The Morgan fingerprint density at radius 2 is 1.65 bits per heavy atom. The van der Waals surface area contributed by atoms with Crippen molar-refractivity contribution >= 4 is 17.5 Å². The fraction of sp³-hybridized carbons (Fsp3) is 0.545. The maximum Gasteiger partial charge on any atom is 0.238 e. The van der Waals surface area contributed by atoms with E-state index in [0.717, 1.165) is 37.9 Å². The van der Waals surface area contributed by atoms with E-state index >= 15 is 0 Å². The second kappa shape index (κ2) is 7.26. The number of rotatable bonds is 3. The number of nitrogens with zero attached hydrogens (tertiary/aromatic N) is 2. The molecule has 2 amide bonds. The fourth-order valence-corrected chi connectivity index (χ4v) is 4.74. The van der Waals surface area contributed by atoms with E-state index in [0.29, 0.717) is 12.1 Å². The molecule has 0 unspecified atom stereocenters. The van der Waals surface area contributed by atoms with Crippen LogP contribution in [0.15, 0.2) is 36.0 Å². The number of carbonyl (C=O) groups excluding carboxylic acids is 2. The van der Waals surface area contributed by atoms with Crippen LogP contribution < -0.4 is 4.90 Å². The molecule has 0 aromatic heterocycles. The molecule has 4 nitrogen and oxygen atoms in total. The Morgan fingerprint density at radius 3 is 2.38 bits per heavy atom.